The van der Waals surface area contributed by atoms with Crippen molar-refractivity contribution in [1.29, 1.82) is 0 Å². The fourth-order valence-corrected chi connectivity index (χ4v) is 3.94. The van der Waals surface area contributed by atoms with Crippen LogP contribution < -0.4 is 4.72 Å². The molecule has 26 heavy (non-hydrogen) atoms. The zero-order chi connectivity index (χ0) is 18.3. The lowest BCUT2D eigenvalue weighted by molar-refractivity contribution is 0.0290. The first-order valence-electron chi connectivity index (χ1n) is 8.94. The van der Waals surface area contributed by atoms with Crippen molar-refractivity contribution in [3.05, 3.63) is 24.2 Å². The lowest BCUT2D eigenvalue weighted by Crippen LogP contribution is -2.32. The highest BCUT2D eigenvalue weighted by Crippen LogP contribution is 2.39. The van der Waals surface area contributed by atoms with Gasteiger partial charge in [0.15, 0.2) is 10.9 Å². The summed E-state index contributed by atoms with van der Waals surface area (Å²) in [6.45, 7) is 4.12. The first-order valence-corrected chi connectivity index (χ1v) is 10.4. The van der Waals surface area contributed by atoms with Crippen LogP contribution in [-0.4, -0.2) is 40.8 Å². The number of sulfonamides is 1. The summed E-state index contributed by atoms with van der Waals surface area (Å²) in [5.41, 5.74) is 0. The van der Waals surface area contributed by atoms with Gasteiger partial charge in [0.05, 0.1) is 12.4 Å². The summed E-state index contributed by atoms with van der Waals surface area (Å²) in [6.07, 6.45) is 6.26. The minimum absolute atomic E-state index is 0.0201. The molecular formula is C16H23N5O4S. The molecule has 1 saturated carbocycles. The molecule has 0 unspecified atom stereocenters. The molecule has 0 amide bonds. The van der Waals surface area contributed by atoms with Gasteiger partial charge in [0.1, 0.15) is 6.10 Å². The Kier molecular flexibility index (Phi) is 4.57. The molecule has 2 aromatic rings. The van der Waals surface area contributed by atoms with Crippen molar-refractivity contribution >= 4 is 10.0 Å². The molecular weight excluding hydrogens is 358 g/mol. The Morgan fingerprint density at radius 1 is 1.31 bits per heavy atom. The normalized spacial score (nSPS) is 23.8. The monoisotopic (exact) mass is 381 g/mol. The Morgan fingerprint density at radius 2 is 2.12 bits per heavy atom. The molecule has 1 saturated heterocycles. The van der Waals surface area contributed by atoms with Gasteiger partial charge in [-0.2, -0.15) is 4.98 Å². The summed E-state index contributed by atoms with van der Waals surface area (Å²) < 4.78 is 40.3. The van der Waals surface area contributed by atoms with E-state index in [1.165, 1.54) is 12.5 Å². The van der Waals surface area contributed by atoms with E-state index in [9.17, 15) is 8.42 Å². The lowest BCUT2D eigenvalue weighted by atomic mass is 10.2. The Hall–Kier alpha value is -1.78. The molecule has 1 aliphatic heterocycles. The molecule has 2 aliphatic rings. The van der Waals surface area contributed by atoms with Gasteiger partial charge in [-0.3, -0.25) is 0 Å². The second-order valence-electron chi connectivity index (χ2n) is 7.19. The molecule has 0 radical (unpaired) electrons. The minimum atomic E-state index is -3.65. The number of nitrogens with zero attached hydrogens (tertiary/aromatic N) is 4. The molecule has 2 aromatic heterocycles. The summed E-state index contributed by atoms with van der Waals surface area (Å²) in [5.74, 6) is 1.68. The Labute approximate surface area is 152 Å². The van der Waals surface area contributed by atoms with Gasteiger partial charge in [0.2, 0.25) is 0 Å². The minimum Gasteiger partial charge on any atom is -0.364 e. The summed E-state index contributed by atoms with van der Waals surface area (Å²) in [7, 11) is -3.65. The van der Waals surface area contributed by atoms with Crippen LogP contribution in [0.1, 0.15) is 69.3 Å². The van der Waals surface area contributed by atoms with Crippen molar-refractivity contribution in [3.8, 4) is 0 Å². The van der Waals surface area contributed by atoms with Crippen molar-refractivity contribution in [2.75, 3.05) is 6.54 Å². The predicted octanol–water partition coefficient (Wildman–Crippen LogP) is 1.92. The van der Waals surface area contributed by atoms with Crippen molar-refractivity contribution in [3.63, 3.8) is 0 Å². The van der Waals surface area contributed by atoms with Crippen LogP contribution in [-0.2, 0) is 14.8 Å². The summed E-state index contributed by atoms with van der Waals surface area (Å²) >= 11 is 0. The van der Waals surface area contributed by atoms with E-state index in [1.54, 1.807) is 4.57 Å². The maximum atomic E-state index is 12.4. The Bertz CT molecular complexity index is 871. The quantitative estimate of drug-likeness (QED) is 0.779. The third-order valence-electron chi connectivity index (χ3n) is 4.73. The number of nitrogens with one attached hydrogen (secondary N) is 1. The summed E-state index contributed by atoms with van der Waals surface area (Å²) in [6, 6.07) is 0.153. The van der Waals surface area contributed by atoms with Crippen LogP contribution in [0.15, 0.2) is 22.1 Å². The van der Waals surface area contributed by atoms with E-state index in [1.807, 2.05) is 13.8 Å². The van der Waals surface area contributed by atoms with Crippen LogP contribution in [0.25, 0.3) is 0 Å². The van der Waals surface area contributed by atoms with Crippen LogP contribution in [0.4, 0.5) is 0 Å². The number of hydrogen-bond donors (Lipinski definition) is 1. The van der Waals surface area contributed by atoms with Gasteiger partial charge >= 0.3 is 0 Å². The molecule has 9 nitrogen and oxygen atoms in total. The summed E-state index contributed by atoms with van der Waals surface area (Å²) in [4.78, 5) is 8.39. The van der Waals surface area contributed by atoms with Gasteiger partial charge in [-0.15, -0.1) is 0 Å². The Morgan fingerprint density at radius 3 is 2.81 bits per heavy atom. The van der Waals surface area contributed by atoms with E-state index in [2.05, 4.69) is 19.8 Å². The highest BCUT2D eigenvalue weighted by atomic mass is 32.2. The highest BCUT2D eigenvalue weighted by molar-refractivity contribution is 7.89. The highest BCUT2D eigenvalue weighted by Gasteiger charge is 2.34. The second-order valence-corrected chi connectivity index (χ2v) is 8.91. The largest absolute Gasteiger partial charge is 0.364 e. The topological polar surface area (TPSA) is 112 Å². The average molecular weight is 381 g/mol. The number of hydrogen-bond acceptors (Lipinski definition) is 7. The predicted molar refractivity (Wildman–Crippen MR) is 90.9 cm³/mol. The number of aromatic nitrogens is 4. The fourth-order valence-electron chi connectivity index (χ4n) is 2.94. The van der Waals surface area contributed by atoms with E-state index in [0.717, 1.165) is 31.5 Å². The van der Waals surface area contributed by atoms with Gasteiger partial charge in [0.25, 0.3) is 15.9 Å². The van der Waals surface area contributed by atoms with Crippen LogP contribution in [0.3, 0.4) is 0 Å². The van der Waals surface area contributed by atoms with Crippen LogP contribution >= 0.6 is 0 Å². The second kappa shape index (κ2) is 6.75. The van der Waals surface area contributed by atoms with E-state index >= 15 is 0 Å². The average Bonchev–Trinajstić information content (AvgIpc) is 3.07. The van der Waals surface area contributed by atoms with Crippen LogP contribution in [0, 0.1) is 0 Å². The zero-order valence-electron chi connectivity index (χ0n) is 14.8. The van der Waals surface area contributed by atoms with Gasteiger partial charge < -0.3 is 13.8 Å². The standard InChI is InChI=1S/C16H23N5O4S/c1-10(2)21-8-14(17-9-21)26(22,23)18-7-12-5-6-13(24-12)16-19-15(20-25-16)11-3-4-11/h8-13,18H,3-7H2,1-2H3/t12-,13+/m1/s1. The molecule has 0 aromatic carbocycles. The van der Waals surface area contributed by atoms with E-state index < -0.39 is 10.0 Å². The molecule has 0 bridgehead atoms. The van der Waals surface area contributed by atoms with Gasteiger partial charge in [0, 0.05) is 24.7 Å². The van der Waals surface area contributed by atoms with E-state index in [-0.39, 0.29) is 29.8 Å². The third-order valence-corrected chi connectivity index (χ3v) is 6.04. The van der Waals surface area contributed by atoms with Crippen molar-refractivity contribution in [1.82, 2.24) is 24.4 Å². The van der Waals surface area contributed by atoms with E-state index in [4.69, 9.17) is 9.26 Å². The molecule has 2 atom stereocenters. The van der Waals surface area contributed by atoms with Gasteiger partial charge in [-0.1, -0.05) is 5.16 Å². The van der Waals surface area contributed by atoms with E-state index in [0.29, 0.717) is 11.8 Å². The maximum Gasteiger partial charge on any atom is 0.259 e. The molecule has 0 spiro atoms. The SMILES string of the molecule is CC(C)n1cnc(S(=O)(=O)NC[C@H]2CC[C@@H](c3nc(C4CC4)no3)O2)c1. The zero-order valence-corrected chi connectivity index (χ0v) is 15.6. The smallest absolute Gasteiger partial charge is 0.259 e. The first kappa shape index (κ1) is 17.6. The molecule has 4 rings (SSSR count). The van der Waals surface area contributed by atoms with Crippen LogP contribution in [0.5, 0.6) is 0 Å². The summed E-state index contributed by atoms with van der Waals surface area (Å²) in [5, 5.41) is 4.02. The maximum absolute atomic E-state index is 12.4. The molecule has 1 aliphatic carbocycles. The molecule has 3 heterocycles. The van der Waals surface area contributed by atoms with Gasteiger partial charge in [-0.05, 0) is 39.5 Å². The number of imidazole rings is 1. The lowest BCUT2D eigenvalue weighted by Gasteiger charge is -2.12. The number of rotatable bonds is 7. The van der Waals surface area contributed by atoms with Crippen molar-refractivity contribution < 1.29 is 17.7 Å². The first-order chi connectivity index (χ1) is 12.4. The van der Waals surface area contributed by atoms with Gasteiger partial charge in [-0.25, -0.2) is 18.1 Å². The fraction of sp³-hybridized carbons (Fsp3) is 0.688. The molecule has 1 N–H and O–H groups in total. The molecule has 2 fully saturated rings. The molecule has 10 heteroatoms. The van der Waals surface area contributed by atoms with Crippen LogP contribution in [0.2, 0.25) is 0 Å². The van der Waals surface area contributed by atoms with Crippen molar-refractivity contribution in [2.24, 2.45) is 0 Å². The van der Waals surface area contributed by atoms with Crippen molar-refractivity contribution in [2.45, 2.75) is 68.7 Å². The third kappa shape index (κ3) is 3.67. The Balaban J connectivity index is 1.33. The molecule has 142 valence electrons. The number of ether oxygens (including phenoxy) is 1.